The highest BCUT2D eigenvalue weighted by Crippen LogP contribution is 2.44. The number of aliphatic carboxylic acids is 1. The van der Waals surface area contributed by atoms with Crippen molar-refractivity contribution in [2.75, 3.05) is 7.05 Å². The quantitative estimate of drug-likeness (QED) is 0.778. The summed E-state index contributed by atoms with van der Waals surface area (Å²) in [5, 5.41) is 12.3. The molecular weight excluding hydrogens is 214 g/mol. The Morgan fingerprint density at radius 3 is 2.29 bits per heavy atom. The van der Waals surface area contributed by atoms with Crippen molar-refractivity contribution in [2.45, 2.75) is 64.8 Å². The Hall–Kier alpha value is -0.570. The van der Waals surface area contributed by atoms with Crippen LogP contribution in [0.4, 0.5) is 0 Å². The van der Waals surface area contributed by atoms with Gasteiger partial charge in [0.15, 0.2) is 0 Å². The van der Waals surface area contributed by atoms with Crippen LogP contribution in [0.2, 0.25) is 0 Å². The van der Waals surface area contributed by atoms with E-state index in [1.54, 1.807) is 0 Å². The number of carboxylic acid groups (broad SMARTS) is 1. The first-order valence-corrected chi connectivity index (χ1v) is 6.76. The molecule has 100 valence electrons. The molecule has 0 aromatic carbocycles. The molecule has 1 saturated carbocycles. The van der Waals surface area contributed by atoms with E-state index in [9.17, 15) is 4.79 Å². The van der Waals surface area contributed by atoms with Crippen molar-refractivity contribution in [1.29, 1.82) is 0 Å². The minimum Gasteiger partial charge on any atom is -0.481 e. The van der Waals surface area contributed by atoms with Crippen molar-refractivity contribution in [3.8, 4) is 0 Å². The summed E-state index contributed by atoms with van der Waals surface area (Å²) < 4.78 is 0. The van der Waals surface area contributed by atoms with E-state index in [0.29, 0.717) is 5.41 Å². The van der Waals surface area contributed by atoms with Crippen LogP contribution in [0.15, 0.2) is 0 Å². The molecule has 0 spiro atoms. The molecule has 1 rings (SSSR count). The molecule has 0 atom stereocenters. The van der Waals surface area contributed by atoms with Crippen LogP contribution < -0.4 is 5.32 Å². The molecule has 0 aliphatic heterocycles. The summed E-state index contributed by atoms with van der Waals surface area (Å²) in [5.74, 6) is 0.0512. The van der Waals surface area contributed by atoms with Crippen molar-refractivity contribution in [1.82, 2.24) is 5.32 Å². The maximum absolute atomic E-state index is 10.9. The van der Waals surface area contributed by atoms with Crippen LogP contribution in [0.1, 0.15) is 59.3 Å². The van der Waals surface area contributed by atoms with Gasteiger partial charge in [-0.05, 0) is 44.1 Å². The maximum atomic E-state index is 10.9. The molecule has 0 heterocycles. The normalized spacial score (nSPS) is 30.2. The van der Waals surface area contributed by atoms with E-state index in [-0.39, 0.29) is 12.0 Å². The van der Waals surface area contributed by atoms with Crippen LogP contribution in [0, 0.1) is 11.3 Å². The molecule has 0 aromatic rings. The van der Waals surface area contributed by atoms with Crippen LogP contribution in [0.3, 0.4) is 0 Å². The maximum Gasteiger partial charge on any atom is 0.305 e. The van der Waals surface area contributed by atoms with Gasteiger partial charge in [0.25, 0.3) is 0 Å². The van der Waals surface area contributed by atoms with Gasteiger partial charge < -0.3 is 10.4 Å². The SMILES string of the molecule is CCC(C)(C)C1CCC(CC(=O)O)(NC)CC1. The molecule has 0 bridgehead atoms. The number of carboxylic acids is 1. The molecule has 1 aliphatic carbocycles. The smallest absolute Gasteiger partial charge is 0.305 e. The Balaban J connectivity index is 2.62. The van der Waals surface area contributed by atoms with Gasteiger partial charge in [0.2, 0.25) is 0 Å². The lowest BCUT2D eigenvalue weighted by atomic mass is 9.65. The third-order valence-corrected chi connectivity index (χ3v) is 4.98. The fraction of sp³-hybridized carbons (Fsp3) is 0.929. The number of nitrogens with one attached hydrogen (secondary N) is 1. The third-order valence-electron chi connectivity index (χ3n) is 4.98. The van der Waals surface area contributed by atoms with E-state index in [2.05, 4.69) is 26.1 Å². The average molecular weight is 241 g/mol. The summed E-state index contributed by atoms with van der Waals surface area (Å²) in [4.78, 5) is 10.9. The standard InChI is InChI=1S/C14H27NO2/c1-5-13(2,3)11-6-8-14(15-4,9-7-11)10-12(16)17/h11,15H,5-10H2,1-4H3,(H,16,17). The summed E-state index contributed by atoms with van der Waals surface area (Å²) in [5.41, 5.74) is 0.231. The second kappa shape index (κ2) is 5.38. The van der Waals surface area contributed by atoms with Gasteiger partial charge in [-0.15, -0.1) is 0 Å². The molecule has 0 unspecified atom stereocenters. The minimum absolute atomic E-state index is 0.161. The van der Waals surface area contributed by atoms with Crippen molar-refractivity contribution < 1.29 is 9.90 Å². The first-order valence-electron chi connectivity index (χ1n) is 6.76. The van der Waals surface area contributed by atoms with Crippen LogP contribution in [-0.4, -0.2) is 23.7 Å². The predicted octanol–water partition coefficient (Wildman–Crippen LogP) is 3.05. The van der Waals surface area contributed by atoms with E-state index in [4.69, 9.17) is 5.11 Å². The molecule has 1 aliphatic rings. The van der Waals surface area contributed by atoms with Crippen LogP contribution in [0.25, 0.3) is 0 Å². The van der Waals surface area contributed by atoms with Gasteiger partial charge in [-0.25, -0.2) is 0 Å². The number of carbonyl (C=O) groups is 1. The van der Waals surface area contributed by atoms with Crippen LogP contribution in [0.5, 0.6) is 0 Å². The lowest BCUT2D eigenvalue weighted by Crippen LogP contribution is -2.48. The highest BCUT2D eigenvalue weighted by Gasteiger charge is 2.39. The Morgan fingerprint density at radius 1 is 1.41 bits per heavy atom. The minimum atomic E-state index is -0.687. The van der Waals surface area contributed by atoms with E-state index < -0.39 is 5.97 Å². The zero-order valence-electron chi connectivity index (χ0n) is 11.7. The summed E-state index contributed by atoms with van der Waals surface area (Å²) in [6.07, 6.45) is 5.73. The first-order chi connectivity index (χ1) is 7.85. The Bertz CT molecular complexity index is 265. The van der Waals surface area contributed by atoms with E-state index in [1.807, 2.05) is 7.05 Å². The molecule has 1 fully saturated rings. The second-order valence-electron chi connectivity index (χ2n) is 6.22. The van der Waals surface area contributed by atoms with Gasteiger partial charge in [-0.3, -0.25) is 4.79 Å². The van der Waals surface area contributed by atoms with Gasteiger partial charge in [-0.2, -0.15) is 0 Å². The molecule has 17 heavy (non-hydrogen) atoms. The summed E-state index contributed by atoms with van der Waals surface area (Å²) >= 11 is 0. The number of hydrogen-bond acceptors (Lipinski definition) is 2. The van der Waals surface area contributed by atoms with Gasteiger partial charge in [0.1, 0.15) is 0 Å². The lowest BCUT2D eigenvalue weighted by Gasteiger charge is -2.44. The molecule has 3 heteroatoms. The van der Waals surface area contributed by atoms with Crippen LogP contribution >= 0.6 is 0 Å². The Labute approximate surface area is 105 Å². The van der Waals surface area contributed by atoms with Crippen molar-refractivity contribution >= 4 is 5.97 Å². The van der Waals surface area contributed by atoms with E-state index >= 15 is 0 Å². The molecule has 0 radical (unpaired) electrons. The first kappa shape index (κ1) is 14.5. The van der Waals surface area contributed by atoms with Crippen LogP contribution in [-0.2, 0) is 4.79 Å². The van der Waals surface area contributed by atoms with E-state index in [0.717, 1.165) is 31.6 Å². The lowest BCUT2D eigenvalue weighted by molar-refractivity contribution is -0.139. The predicted molar refractivity (Wildman–Crippen MR) is 70.1 cm³/mol. The largest absolute Gasteiger partial charge is 0.481 e. The number of hydrogen-bond donors (Lipinski definition) is 2. The second-order valence-corrected chi connectivity index (χ2v) is 6.22. The Kier molecular flexibility index (Phi) is 4.59. The van der Waals surface area contributed by atoms with Crippen molar-refractivity contribution in [2.24, 2.45) is 11.3 Å². The zero-order chi connectivity index (χ0) is 13.1. The third kappa shape index (κ3) is 3.44. The summed E-state index contributed by atoms with van der Waals surface area (Å²) in [6.45, 7) is 6.92. The van der Waals surface area contributed by atoms with Crippen molar-refractivity contribution in [3.63, 3.8) is 0 Å². The highest BCUT2D eigenvalue weighted by atomic mass is 16.4. The van der Waals surface area contributed by atoms with Gasteiger partial charge in [0, 0.05) is 5.54 Å². The van der Waals surface area contributed by atoms with Gasteiger partial charge in [-0.1, -0.05) is 27.2 Å². The summed E-state index contributed by atoms with van der Waals surface area (Å²) in [6, 6.07) is 0. The number of rotatable bonds is 5. The van der Waals surface area contributed by atoms with Gasteiger partial charge >= 0.3 is 5.97 Å². The molecule has 0 amide bonds. The van der Waals surface area contributed by atoms with Crippen molar-refractivity contribution in [3.05, 3.63) is 0 Å². The molecule has 2 N–H and O–H groups in total. The molecule has 0 aromatic heterocycles. The average Bonchev–Trinajstić information content (AvgIpc) is 2.29. The zero-order valence-corrected chi connectivity index (χ0v) is 11.7. The Morgan fingerprint density at radius 2 is 1.94 bits per heavy atom. The summed E-state index contributed by atoms with van der Waals surface area (Å²) in [7, 11) is 1.90. The molecule has 3 nitrogen and oxygen atoms in total. The van der Waals surface area contributed by atoms with Gasteiger partial charge in [0.05, 0.1) is 6.42 Å². The molecule has 0 saturated heterocycles. The fourth-order valence-electron chi connectivity index (χ4n) is 3.05. The monoisotopic (exact) mass is 241 g/mol. The molecular formula is C14H27NO2. The topological polar surface area (TPSA) is 49.3 Å². The fourth-order valence-corrected chi connectivity index (χ4v) is 3.05. The highest BCUT2D eigenvalue weighted by molar-refractivity contribution is 5.68. The van der Waals surface area contributed by atoms with E-state index in [1.165, 1.54) is 6.42 Å².